The van der Waals surface area contributed by atoms with Crippen molar-refractivity contribution in [3.05, 3.63) is 71.5 Å². The standard InChI is InChI=1S/C27H35N5O2S/c1-19(2)23-9-11-24(12-10-23)34-18-25-29-30-27(32(25)28)35-20(3)26(33)31-15-13-22(14-16-31)17-21-7-5-4-6-8-21/h4-12,19-20,22H,13-18,28H2,1-3H3. The Balaban J connectivity index is 1.26. The normalized spacial score (nSPS) is 15.4. The molecule has 186 valence electrons. The molecular formula is C27H35N5O2S. The van der Waals surface area contributed by atoms with Gasteiger partial charge in [-0.25, -0.2) is 4.68 Å². The topological polar surface area (TPSA) is 86.3 Å². The second kappa shape index (κ2) is 11.6. The number of nitrogen functional groups attached to an aromatic ring is 1. The lowest BCUT2D eigenvalue weighted by molar-refractivity contribution is -0.131. The van der Waals surface area contributed by atoms with E-state index in [1.807, 2.05) is 30.0 Å². The number of amides is 1. The lowest BCUT2D eigenvalue weighted by Gasteiger charge is -2.33. The van der Waals surface area contributed by atoms with Crippen LogP contribution in [0.25, 0.3) is 0 Å². The summed E-state index contributed by atoms with van der Waals surface area (Å²) >= 11 is 1.34. The van der Waals surface area contributed by atoms with Gasteiger partial charge in [0.15, 0.2) is 5.82 Å². The number of aromatic nitrogens is 3. The van der Waals surface area contributed by atoms with Crippen LogP contribution < -0.4 is 10.6 Å². The summed E-state index contributed by atoms with van der Waals surface area (Å²) < 4.78 is 7.25. The van der Waals surface area contributed by atoms with Crippen LogP contribution in [-0.4, -0.2) is 44.0 Å². The number of hydrogen-bond acceptors (Lipinski definition) is 6. The molecule has 3 aromatic rings. The Morgan fingerprint density at radius 2 is 1.74 bits per heavy atom. The minimum atomic E-state index is -0.287. The molecule has 0 spiro atoms. The highest BCUT2D eigenvalue weighted by Gasteiger charge is 2.28. The first-order valence-corrected chi connectivity index (χ1v) is 13.2. The third-order valence-corrected chi connectivity index (χ3v) is 7.62. The molecule has 1 unspecified atom stereocenters. The summed E-state index contributed by atoms with van der Waals surface area (Å²) in [5.74, 6) is 8.71. The largest absolute Gasteiger partial charge is 0.486 e. The number of nitrogens with zero attached hydrogens (tertiary/aromatic N) is 4. The summed E-state index contributed by atoms with van der Waals surface area (Å²) in [6.07, 6.45) is 3.14. The van der Waals surface area contributed by atoms with Gasteiger partial charge in [-0.2, -0.15) is 0 Å². The van der Waals surface area contributed by atoms with Crippen molar-refractivity contribution in [3.63, 3.8) is 0 Å². The molecule has 1 aliphatic rings. The molecule has 2 heterocycles. The number of benzene rings is 2. The van der Waals surface area contributed by atoms with Crippen LogP contribution in [0.5, 0.6) is 5.75 Å². The Morgan fingerprint density at radius 1 is 1.06 bits per heavy atom. The average Bonchev–Trinajstić information content (AvgIpc) is 3.22. The van der Waals surface area contributed by atoms with Crippen LogP contribution >= 0.6 is 11.8 Å². The summed E-state index contributed by atoms with van der Waals surface area (Å²) in [5, 5.41) is 8.59. The van der Waals surface area contributed by atoms with E-state index in [0.717, 1.165) is 38.1 Å². The number of carbonyl (C=O) groups excluding carboxylic acids is 1. The minimum Gasteiger partial charge on any atom is -0.486 e. The second-order valence-electron chi connectivity index (χ2n) is 9.50. The summed E-state index contributed by atoms with van der Waals surface area (Å²) in [6, 6.07) is 18.6. The summed E-state index contributed by atoms with van der Waals surface area (Å²) in [4.78, 5) is 15.0. The summed E-state index contributed by atoms with van der Waals surface area (Å²) in [5.41, 5.74) is 2.63. The first kappa shape index (κ1) is 25.1. The van der Waals surface area contributed by atoms with E-state index in [0.29, 0.717) is 22.8 Å². The lowest BCUT2D eigenvalue weighted by Crippen LogP contribution is -2.42. The quantitative estimate of drug-likeness (QED) is 0.345. The van der Waals surface area contributed by atoms with Crippen LogP contribution in [0.1, 0.15) is 56.5 Å². The third kappa shape index (κ3) is 6.57. The van der Waals surface area contributed by atoms with Crippen LogP contribution in [-0.2, 0) is 17.8 Å². The molecule has 4 rings (SSSR count). The number of thioether (sulfide) groups is 1. The van der Waals surface area contributed by atoms with Gasteiger partial charge in [0.2, 0.25) is 11.1 Å². The Hall–Kier alpha value is -3.00. The highest BCUT2D eigenvalue weighted by Crippen LogP contribution is 2.27. The van der Waals surface area contributed by atoms with Gasteiger partial charge < -0.3 is 15.5 Å². The maximum Gasteiger partial charge on any atom is 0.235 e. The van der Waals surface area contributed by atoms with Gasteiger partial charge >= 0.3 is 0 Å². The zero-order valence-electron chi connectivity index (χ0n) is 20.8. The van der Waals surface area contributed by atoms with Crippen molar-refractivity contribution in [1.82, 2.24) is 19.8 Å². The molecule has 1 amide bonds. The minimum absolute atomic E-state index is 0.124. The van der Waals surface area contributed by atoms with E-state index in [-0.39, 0.29) is 17.8 Å². The van der Waals surface area contributed by atoms with E-state index in [1.54, 1.807) is 0 Å². The second-order valence-corrected chi connectivity index (χ2v) is 10.8. The monoisotopic (exact) mass is 493 g/mol. The molecule has 7 nitrogen and oxygen atoms in total. The molecule has 1 saturated heterocycles. The molecular weight excluding hydrogens is 458 g/mol. The molecule has 0 saturated carbocycles. The van der Waals surface area contributed by atoms with Crippen molar-refractivity contribution in [2.45, 2.75) is 63.0 Å². The van der Waals surface area contributed by atoms with E-state index in [1.165, 1.54) is 27.6 Å². The highest BCUT2D eigenvalue weighted by atomic mass is 32.2. The van der Waals surface area contributed by atoms with E-state index < -0.39 is 0 Å². The Kier molecular flexibility index (Phi) is 8.33. The zero-order valence-corrected chi connectivity index (χ0v) is 21.6. The maximum absolute atomic E-state index is 13.1. The number of carbonyl (C=O) groups is 1. The molecule has 2 N–H and O–H groups in total. The molecule has 1 fully saturated rings. The molecule has 1 aliphatic heterocycles. The lowest BCUT2D eigenvalue weighted by atomic mass is 9.90. The molecule has 35 heavy (non-hydrogen) atoms. The smallest absolute Gasteiger partial charge is 0.235 e. The number of nitrogens with two attached hydrogens (primary N) is 1. The Labute approximate surface area is 212 Å². The predicted octanol–water partition coefficient (Wildman–Crippen LogP) is 4.66. The third-order valence-electron chi connectivity index (χ3n) is 6.57. The average molecular weight is 494 g/mol. The van der Waals surface area contributed by atoms with E-state index >= 15 is 0 Å². The van der Waals surface area contributed by atoms with Gasteiger partial charge in [-0.3, -0.25) is 4.79 Å². The molecule has 0 bridgehead atoms. The van der Waals surface area contributed by atoms with Gasteiger partial charge in [0.1, 0.15) is 12.4 Å². The number of ether oxygens (including phenoxy) is 1. The molecule has 2 aromatic carbocycles. The number of hydrogen-bond donors (Lipinski definition) is 1. The van der Waals surface area contributed by atoms with Crippen molar-refractivity contribution >= 4 is 17.7 Å². The van der Waals surface area contributed by atoms with Crippen molar-refractivity contribution < 1.29 is 9.53 Å². The van der Waals surface area contributed by atoms with Crippen LogP contribution in [0.4, 0.5) is 0 Å². The molecule has 1 atom stereocenters. The van der Waals surface area contributed by atoms with Gasteiger partial charge in [0, 0.05) is 13.1 Å². The van der Waals surface area contributed by atoms with Gasteiger partial charge in [-0.15, -0.1) is 10.2 Å². The molecule has 8 heteroatoms. The van der Waals surface area contributed by atoms with E-state index in [9.17, 15) is 4.79 Å². The van der Waals surface area contributed by atoms with Crippen LogP contribution in [0.2, 0.25) is 0 Å². The van der Waals surface area contributed by atoms with E-state index in [2.05, 4.69) is 60.4 Å². The predicted molar refractivity (Wildman–Crippen MR) is 140 cm³/mol. The first-order valence-electron chi connectivity index (χ1n) is 12.3. The fourth-order valence-electron chi connectivity index (χ4n) is 4.35. The Bertz CT molecular complexity index is 1090. The Morgan fingerprint density at radius 3 is 2.40 bits per heavy atom. The molecule has 0 aliphatic carbocycles. The zero-order chi connectivity index (χ0) is 24.8. The van der Waals surface area contributed by atoms with Gasteiger partial charge in [-0.05, 0) is 61.3 Å². The van der Waals surface area contributed by atoms with E-state index in [4.69, 9.17) is 10.6 Å². The highest BCUT2D eigenvalue weighted by molar-refractivity contribution is 8.00. The van der Waals surface area contributed by atoms with Crippen LogP contribution in [0.15, 0.2) is 59.8 Å². The van der Waals surface area contributed by atoms with Gasteiger partial charge in [-0.1, -0.05) is 68.1 Å². The van der Waals surface area contributed by atoms with Gasteiger partial charge in [0.25, 0.3) is 0 Å². The summed E-state index contributed by atoms with van der Waals surface area (Å²) in [7, 11) is 0. The maximum atomic E-state index is 13.1. The molecule has 0 radical (unpaired) electrons. The number of rotatable bonds is 9. The summed E-state index contributed by atoms with van der Waals surface area (Å²) in [6.45, 7) is 8.03. The van der Waals surface area contributed by atoms with Crippen LogP contribution in [0, 0.1) is 5.92 Å². The SMILES string of the molecule is CC(Sc1nnc(COc2ccc(C(C)C)cc2)n1N)C(=O)N1CCC(Cc2ccccc2)CC1. The van der Waals surface area contributed by atoms with Crippen molar-refractivity contribution in [2.75, 3.05) is 18.9 Å². The van der Waals surface area contributed by atoms with Crippen molar-refractivity contribution in [2.24, 2.45) is 5.92 Å². The fraction of sp³-hybridized carbons (Fsp3) is 0.444. The van der Waals surface area contributed by atoms with Gasteiger partial charge in [0.05, 0.1) is 5.25 Å². The number of piperidine rings is 1. The number of likely N-dealkylation sites (tertiary alicyclic amines) is 1. The van der Waals surface area contributed by atoms with Crippen molar-refractivity contribution in [1.29, 1.82) is 0 Å². The first-order chi connectivity index (χ1) is 16.9. The van der Waals surface area contributed by atoms with Crippen molar-refractivity contribution in [3.8, 4) is 5.75 Å². The fourth-order valence-corrected chi connectivity index (χ4v) is 5.23. The van der Waals surface area contributed by atoms with Crippen LogP contribution in [0.3, 0.4) is 0 Å². The molecule has 1 aromatic heterocycles.